The van der Waals surface area contributed by atoms with Crippen molar-refractivity contribution < 1.29 is 9.53 Å². The molecule has 1 heterocycles. The number of aromatic nitrogens is 1. The lowest BCUT2D eigenvalue weighted by Crippen LogP contribution is -2.29. The van der Waals surface area contributed by atoms with E-state index in [-0.39, 0.29) is 0 Å². The molecule has 0 aliphatic rings. The Morgan fingerprint density at radius 2 is 2.35 bits per heavy atom. The van der Waals surface area contributed by atoms with Crippen LogP contribution in [0.3, 0.4) is 0 Å². The molecule has 1 aromatic heterocycles. The van der Waals surface area contributed by atoms with Crippen molar-refractivity contribution in [2.24, 2.45) is 5.84 Å². The topological polar surface area (TPSA) is 77.2 Å². The number of amides is 1. The number of thiazole rings is 1. The number of ether oxygens (including phenoxy) is 1. The number of aryl methyl sites for hydroxylation is 1. The molecule has 0 unspecified atom stereocenters. The molecule has 0 spiro atoms. The van der Waals surface area contributed by atoms with Crippen molar-refractivity contribution in [3.05, 3.63) is 44.9 Å². The molecule has 7 heteroatoms. The van der Waals surface area contributed by atoms with Gasteiger partial charge in [-0.05, 0) is 30.2 Å². The number of nitrogens with zero attached hydrogens (tertiary/aromatic N) is 1. The van der Waals surface area contributed by atoms with Crippen LogP contribution in [0.2, 0.25) is 5.02 Å². The first-order chi connectivity index (χ1) is 9.63. The lowest BCUT2D eigenvalue weighted by molar-refractivity contribution is 0.0953. The van der Waals surface area contributed by atoms with Gasteiger partial charge in [0.15, 0.2) is 5.01 Å². The predicted octanol–water partition coefficient (Wildman–Crippen LogP) is 2.54. The fourth-order valence-corrected chi connectivity index (χ4v) is 2.56. The Balaban J connectivity index is 2.01. The number of benzene rings is 1. The summed E-state index contributed by atoms with van der Waals surface area (Å²) >= 11 is 7.27. The Labute approximate surface area is 125 Å². The van der Waals surface area contributed by atoms with Gasteiger partial charge in [-0.3, -0.25) is 10.2 Å². The molecular formula is C13H14ClN3O2S. The second-order valence-electron chi connectivity index (χ2n) is 4.01. The van der Waals surface area contributed by atoms with Crippen LogP contribution in [0.5, 0.6) is 5.75 Å². The molecule has 106 valence electrons. The summed E-state index contributed by atoms with van der Waals surface area (Å²) in [5.41, 5.74) is 3.76. The second-order valence-corrected chi connectivity index (χ2v) is 5.28. The summed E-state index contributed by atoms with van der Waals surface area (Å²) in [4.78, 5) is 15.4. The molecule has 1 aromatic carbocycles. The Morgan fingerprint density at radius 1 is 1.55 bits per heavy atom. The van der Waals surface area contributed by atoms with Gasteiger partial charge in [-0.15, -0.1) is 11.3 Å². The molecule has 20 heavy (non-hydrogen) atoms. The fraction of sp³-hybridized carbons (Fsp3) is 0.231. The van der Waals surface area contributed by atoms with E-state index in [1.165, 1.54) is 11.3 Å². The first-order valence-corrected chi connectivity index (χ1v) is 7.26. The molecule has 0 radical (unpaired) electrons. The maximum absolute atomic E-state index is 11.3. The Kier molecular flexibility index (Phi) is 4.94. The summed E-state index contributed by atoms with van der Waals surface area (Å²) < 4.78 is 5.64. The van der Waals surface area contributed by atoms with Crippen molar-refractivity contribution in [3.8, 4) is 5.75 Å². The van der Waals surface area contributed by atoms with E-state index in [2.05, 4.69) is 4.98 Å². The number of halogens is 1. The molecule has 0 aliphatic carbocycles. The van der Waals surface area contributed by atoms with E-state index in [9.17, 15) is 4.79 Å². The summed E-state index contributed by atoms with van der Waals surface area (Å²) in [6, 6.07) is 5.52. The molecule has 0 bridgehead atoms. The molecular weight excluding hydrogens is 298 g/mol. The Bertz CT molecular complexity index is 615. The zero-order chi connectivity index (χ0) is 14.5. The molecule has 1 amide bonds. The summed E-state index contributed by atoms with van der Waals surface area (Å²) in [6.45, 7) is 2.32. The van der Waals surface area contributed by atoms with Gasteiger partial charge in [-0.25, -0.2) is 10.8 Å². The minimum Gasteiger partial charge on any atom is -0.487 e. The van der Waals surface area contributed by atoms with Crippen molar-refractivity contribution in [2.75, 3.05) is 0 Å². The van der Waals surface area contributed by atoms with Gasteiger partial charge in [0, 0.05) is 10.4 Å². The average Bonchev–Trinajstić information content (AvgIpc) is 2.94. The number of nitrogens with one attached hydrogen (secondary N) is 1. The Hall–Kier alpha value is -1.63. The third-order valence-corrected chi connectivity index (χ3v) is 3.92. The highest BCUT2D eigenvalue weighted by molar-refractivity contribution is 7.11. The number of nitrogen functional groups attached to an aromatic ring is 1. The van der Waals surface area contributed by atoms with Crippen molar-refractivity contribution in [3.63, 3.8) is 0 Å². The third-order valence-electron chi connectivity index (χ3n) is 2.66. The van der Waals surface area contributed by atoms with E-state index in [0.717, 1.165) is 22.8 Å². The lowest BCUT2D eigenvalue weighted by atomic mass is 10.1. The van der Waals surface area contributed by atoms with Crippen molar-refractivity contribution in [2.45, 2.75) is 20.0 Å². The molecule has 0 atom stereocenters. The number of hydrazine groups is 1. The number of carbonyl (C=O) groups is 1. The summed E-state index contributed by atoms with van der Waals surface area (Å²) in [6.07, 6.45) is 0.841. The van der Waals surface area contributed by atoms with Crippen LogP contribution < -0.4 is 16.0 Å². The fourth-order valence-electron chi connectivity index (χ4n) is 1.61. The first-order valence-electron chi connectivity index (χ1n) is 6.00. The Morgan fingerprint density at radius 3 is 3.05 bits per heavy atom. The minimum atomic E-state index is -0.402. The van der Waals surface area contributed by atoms with E-state index in [4.69, 9.17) is 22.2 Å². The van der Waals surface area contributed by atoms with Gasteiger partial charge in [-0.2, -0.15) is 0 Å². The van der Waals surface area contributed by atoms with Gasteiger partial charge >= 0.3 is 0 Å². The minimum absolute atomic E-state index is 0.291. The van der Waals surface area contributed by atoms with Crippen molar-refractivity contribution in [1.82, 2.24) is 10.4 Å². The molecule has 0 aliphatic heterocycles. The molecule has 5 nitrogen and oxygen atoms in total. The number of nitrogens with two attached hydrogens (primary N) is 1. The SMILES string of the molecule is CCc1cc(OCc2csc(C(=O)NN)n2)ccc1Cl. The molecule has 2 aromatic rings. The maximum atomic E-state index is 11.3. The molecule has 0 fully saturated rings. The molecule has 0 saturated carbocycles. The zero-order valence-corrected chi connectivity index (χ0v) is 12.4. The predicted molar refractivity (Wildman–Crippen MR) is 78.9 cm³/mol. The highest BCUT2D eigenvalue weighted by Gasteiger charge is 2.10. The molecule has 3 N–H and O–H groups in total. The van der Waals surface area contributed by atoms with Gasteiger partial charge in [0.2, 0.25) is 0 Å². The average molecular weight is 312 g/mol. The number of carbonyl (C=O) groups excluding carboxylic acids is 1. The van der Waals surface area contributed by atoms with Crippen LogP contribution in [0.25, 0.3) is 0 Å². The van der Waals surface area contributed by atoms with Crippen LogP contribution in [-0.4, -0.2) is 10.9 Å². The van der Waals surface area contributed by atoms with Gasteiger partial charge < -0.3 is 4.74 Å². The monoisotopic (exact) mass is 311 g/mol. The largest absolute Gasteiger partial charge is 0.487 e. The highest BCUT2D eigenvalue weighted by atomic mass is 35.5. The number of hydrogen-bond acceptors (Lipinski definition) is 5. The van der Waals surface area contributed by atoms with Crippen LogP contribution in [-0.2, 0) is 13.0 Å². The van der Waals surface area contributed by atoms with Crippen LogP contribution in [0.1, 0.15) is 28.0 Å². The number of rotatable bonds is 5. The van der Waals surface area contributed by atoms with Crippen LogP contribution in [0, 0.1) is 0 Å². The summed E-state index contributed by atoms with van der Waals surface area (Å²) in [7, 11) is 0. The van der Waals surface area contributed by atoms with Gasteiger partial charge in [0.05, 0.1) is 5.69 Å². The normalized spacial score (nSPS) is 10.3. The van der Waals surface area contributed by atoms with Crippen molar-refractivity contribution in [1.29, 1.82) is 0 Å². The van der Waals surface area contributed by atoms with Crippen molar-refractivity contribution >= 4 is 28.8 Å². The smallest absolute Gasteiger partial charge is 0.294 e. The summed E-state index contributed by atoms with van der Waals surface area (Å²) in [5, 5.41) is 2.81. The van der Waals surface area contributed by atoms with Gasteiger partial charge in [0.25, 0.3) is 5.91 Å². The van der Waals surface area contributed by atoms with Crippen LogP contribution in [0.4, 0.5) is 0 Å². The van der Waals surface area contributed by atoms with E-state index in [1.54, 1.807) is 11.4 Å². The van der Waals surface area contributed by atoms with Gasteiger partial charge in [-0.1, -0.05) is 18.5 Å². The third kappa shape index (κ3) is 3.47. The van der Waals surface area contributed by atoms with E-state index in [1.807, 2.05) is 24.5 Å². The lowest BCUT2D eigenvalue weighted by Gasteiger charge is -2.07. The van der Waals surface area contributed by atoms with E-state index < -0.39 is 5.91 Å². The number of hydrogen-bond donors (Lipinski definition) is 2. The quantitative estimate of drug-likeness (QED) is 0.505. The van der Waals surface area contributed by atoms with Crippen LogP contribution >= 0.6 is 22.9 Å². The standard InChI is InChI=1S/C13H14ClN3O2S/c1-2-8-5-10(3-4-11(8)14)19-6-9-7-20-13(16-9)12(18)17-15/h3-5,7H,2,6,15H2,1H3,(H,17,18). The van der Waals surface area contributed by atoms with Gasteiger partial charge in [0.1, 0.15) is 12.4 Å². The van der Waals surface area contributed by atoms with Crippen LogP contribution in [0.15, 0.2) is 23.6 Å². The molecule has 2 rings (SSSR count). The van der Waals surface area contributed by atoms with E-state index >= 15 is 0 Å². The maximum Gasteiger partial charge on any atom is 0.294 e. The highest BCUT2D eigenvalue weighted by Crippen LogP contribution is 2.23. The van der Waals surface area contributed by atoms with E-state index in [0.29, 0.717) is 17.3 Å². The second kappa shape index (κ2) is 6.69. The first kappa shape index (κ1) is 14.8. The molecule has 0 saturated heterocycles. The summed E-state index contributed by atoms with van der Waals surface area (Å²) in [5.74, 6) is 5.37. The zero-order valence-electron chi connectivity index (χ0n) is 10.9.